The minimum absolute atomic E-state index is 0.197. The van der Waals surface area contributed by atoms with E-state index in [-0.39, 0.29) is 5.91 Å². The van der Waals surface area contributed by atoms with E-state index < -0.39 is 0 Å². The Hall–Kier alpha value is -2.91. The maximum absolute atomic E-state index is 12.6. The Morgan fingerprint density at radius 1 is 1.25 bits per heavy atom. The maximum atomic E-state index is 12.6. The first-order valence-corrected chi connectivity index (χ1v) is 7.83. The zero-order valence-corrected chi connectivity index (χ0v) is 13.2. The van der Waals surface area contributed by atoms with Gasteiger partial charge in [0, 0.05) is 25.0 Å². The highest BCUT2D eigenvalue weighted by Crippen LogP contribution is 2.20. The molecule has 24 heavy (non-hydrogen) atoms. The number of benzene rings is 1. The highest BCUT2D eigenvalue weighted by molar-refractivity contribution is 6.07. The van der Waals surface area contributed by atoms with Crippen molar-refractivity contribution in [3.63, 3.8) is 0 Å². The number of aromatic nitrogens is 1. The standard InChI is InChI=1S/C18H18N4O2/c19-8-7-14-3-5-15(6-4-14)21-18(23)16-2-1-9-20-17(16)22-10-12-24-13-11-22/h1-6,9H,7,10-13H2,(H,21,23). The molecule has 6 heteroatoms. The topological polar surface area (TPSA) is 78.2 Å². The minimum atomic E-state index is -0.197. The third-order valence-corrected chi connectivity index (χ3v) is 3.84. The van der Waals surface area contributed by atoms with Gasteiger partial charge in [0.2, 0.25) is 0 Å². The van der Waals surface area contributed by atoms with Crippen molar-refractivity contribution in [2.75, 3.05) is 36.5 Å². The number of amides is 1. The highest BCUT2D eigenvalue weighted by Gasteiger charge is 2.19. The van der Waals surface area contributed by atoms with E-state index in [1.807, 2.05) is 12.1 Å². The van der Waals surface area contributed by atoms with E-state index in [9.17, 15) is 4.79 Å². The molecule has 0 radical (unpaired) electrons. The van der Waals surface area contributed by atoms with Gasteiger partial charge in [-0.05, 0) is 29.8 Å². The monoisotopic (exact) mass is 322 g/mol. The summed E-state index contributed by atoms with van der Waals surface area (Å²) in [6, 6.07) is 12.9. The van der Waals surface area contributed by atoms with Crippen molar-refractivity contribution >= 4 is 17.4 Å². The van der Waals surface area contributed by atoms with Crippen LogP contribution in [-0.4, -0.2) is 37.2 Å². The molecule has 1 amide bonds. The molecular formula is C18H18N4O2. The zero-order valence-electron chi connectivity index (χ0n) is 13.2. The third-order valence-electron chi connectivity index (χ3n) is 3.84. The number of morpholine rings is 1. The van der Waals surface area contributed by atoms with Crippen molar-refractivity contribution in [1.29, 1.82) is 5.26 Å². The van der Waals surface area contributed by atoms with Gasteiger partial charge in [0.05, 0.1) is 31.3 Å². The molecule has 0 atom stereocenters. The Bertz CT molecular complexity index is 746. The average Bonchev–Trinajstić information content (AvgIpc) is 2.64. The predicted octanol–water partition coefficient (Wildman–Crippen LogP) is 2.24. The number of nitrogens with one attached hydrogen (secondary N) is 1. The van der Waals surface area contributed by atoms with Crippen LogP contribution in [0.3, 0.4) is 0 Å². The van der Waals surface area contributed by atoms with E-state index in [4.69, 9.17) is 10.00 Å². The van der Waals surface area contributed by atoms with Gasteiger partial charge >= 0.3 is 0 Å². The van der Waals surface area contributed by atoms with E-state index in [1.165, 1.54) is 0 Å². The van der Waals surface area contributed by atoms with E-state index >= 15 is 0 Å². The van der Waals surface area contributed by atoms with E-state index in [2.05, 4.69) is 21.3 Å². The van der Waals surface area contributed by atoms with Gasteiger partial charge in [-0.1, -0.05) is 12.1 Å². The first-order valence-electron chi connectivity index (χ1n) is 7.83. The Morgan fingerprint density at radius 2 is 2.00 bits per heavy atom. The average molecular weight is 322 g/mol. The molecule has 2 aromatic rings. The van der Waals surface area contributed by atoms with Gasteiger partial charge in [-0.25, -0.2) is 4.98 Å². The molecule has 0 aliphatic carbocycles. The van der Waals surface area contributed by atoms with Crippen molar-refractivity contribution in [2.45, 2.75) is 6.42 Å². The van der Waals surface area contributed by atoms with E-state index in [1.54, 1.807) is 30.5 Å². The summed E-state index contributed by atoms with van der Waals surface area (Å²) in [7, 11) is 0. The smallest absolute Gasteiger partial charge is 0.259 e. The quantitative estimate of drug-likeness (QED) is 0.934. The second-order valence-electron chi connectivity index (χ2n) is 5.46. The second-order valence-corrected chi connectivity index (χ2v) is 5.46. The Labute approximate surface area is 140 Å². The number of hydrogen-bond donors (Lipinski definition) is 1. The van der Waals surface area contributed by atoms with Crippen LogP contribution < -0.4 is 10.2 Å². The molecule has 0 unspecified atom stereocenters. The van der Waals surface area contributed by atoms with Crippen LogP contribution in [0.5, 0.6) is 0 Å². The summed E-state index contributed by atoms with van der Waals surface area (Å²) in [5.74, 6) is 0.483. The fourth-order valence-electron chi connectivity index (χ4n) is 2.60. The number of ether oxygens (including phenoxy) is 1. The summed E-state index contributed by atoms with van der Waals surface area (Å²) in [5, 5.41) is 11.6. The number of hydrogen-bond acceptors (Lipinski definition) is 5. The number of nitrogens with zero attached hydrogens (tertiary/aromatic N) is 3. The number of pyridine rings is 1. The van der Waals surface area contributed by atoms with Crippen LogP contribution >= 0.6 is 0 Å². The molecule has 1 aliphatic rings. The Balaban J connectivity index is 1.76. The van der Waals surface area contributed by atoms with Crippen molar-refractivity contribution < 1.29 is 9.53 Å². The largest absolute Gasteiger partial charge is 0.378 e. The van der Waals surface area contributed by atoms with Gasteiger partial charge in [0.1, 0.15) is 5.82 Å². The fourth-order valence-corrected chi connectivity index (χ4v) is 2.60. The molecule has 122 valence electrons. The number of carbonyl (C=O) groups is 1. The lowest BCUT2D eigenvalue weighted by atomic mass is 10.1. The first kappa shape index (κ1) is 16.0. The molecule has 0 spiro atoms. The summed E-state index contributed by atoms with van der Waals surface area (Å²) in [6.45, 7) is 2.72. The van der Waals surface area contributed by atoms with Crippen LogP contribution in [-0.2, 0) is 11.2 Å². The van der Waals surface area contributed by atoms with Gasteiger partial charge in [-0.3, -0.25) is 4.79 Å². The number of nitriles is 1. The molecule has 0 bridgehead atoms. The normalized spacial score (nSPS) is 14.0. The van der Waals surface area contributed by atoms with Crippen LogP contribution in [0, 0.1) is 11.3 Å². The summed E-state index contributed by atoms with van der Waals surface area (Å²) >= 11 is 0. The Morgan fingerprint density at radius 3 is 2.71 bits per heavy atom. The van der Waals surface area contributed by atoms with Crippen molar-refractivity contribution in [1.82, 2.24) is 4.98 Å². The molecule has 1 fully saturated rings. The molecule has 3 rings (SSSR count). The van der Waals surface area contributed by atoms with E-state index in [0.29, 0.717) is 36.7 Å². The molecule has 1 aliphatic heterocycles. The maximum Gasteiger partial charge on any atom is 0.259 e. The van der Waals surface area contributed by atoms with Gasteiger partial charge in [0.15, 0.2) is 0 Å². The van der Waals surface area contributed by atoms with Crippen LogP contribution in [0.15, 0.2) is 42.6 Å². The summed E-state index contributed by atoms with van der Waals surface area (Å²) in [6.07, 6.45) is 2.05. The number of rotatable bonds is 4. The summed E-state index contributed by atoms with van der Waals surface area (Å²) < 4.78 is 5.36. The van der Waals surface area contributed by atoms with Crippen LogP contribution in [0.1, 0.15) is 15.9 Å². The molecule has 1 aromatic carbocycles. The SMILES string of the molecule is N#CCc1ccc(NC(=O)c2cccnc2N2CCOCC2)cc1. The summed E-state index contributed by atoms with van der Waals surface area (Å²) in [5.41, 5.74) is 2.16. The minimum Gasteiger partial charge on any atom is -0.378 e. The molecule has 6 nitrogen and oxygen atoms in total. The molecule has 1 N–H and O–H groups in total. The third kappa shape index (κ3) is 3.70. The Kier molecular flexibility index (Phi) is 5.04. The lowest BCUT2D eigenvalue weighted by molar-refractivity contribution is 0.102. The lowest BCUT2D eigenvalue weighted by Gasteiger charge is -2.29. The van der Waals surface area contributed by atoms with Gasteiger partial charge in [0.25, 0.3) is 5.91 Å². The van der Waals surface area contributed by atoms with Crippen LogP contribution in [0.4, 0.5) is 11.5 Å². The van der Waals surface area contributed by atoms with Gasteiger partial charge < -0.3 is 15.0 Å². The molecule has 1 saturated heterocycles. The molecular weight excluding hydrogens is 304 g/mol. The van der Waals surface area contributed by atoms with Crippen molar-refractivity contribution in [3.8, 4) is 6.07 Å². The first-order chi connectivity index (χ1) is 11.8. The van der Waals surface area contributed by atoms with Crippen molar-refractivity contribution in [3.05, 3.63) is 53.7 Å². The molecule has 0 saturated carbocycles. The predicted molar refractivity (Wildman–Crippen MR) is 91.0 cm³/mol. The van der Waals surface area contributed by atoms with E-state index in [0.717, 1.165) is 18.7 Å². The highest BCUT2D eigenvalue weighted by atomic mass is 16.5. The van der Waals surface area contributed by atoms with Crippen LogP contribution in [0.25, 0.3) is 0 Å². The zero-order chi connectivity index (χ0) is 16.8. The van der Waals surface area contributed by atoms with Gasteiger partial charge in [-0.15, -0.1) is 0 Å². The number of carbonyl (C=O) groups excluding carboxylic acids is 1. The number of anilines is 2. The van der Waals surface area contributed by atoms with Crippen LogP contribution in [0.2, 0.25) is 0 Å². The molecule has 1 aromatic heterocycles. The second kappa shape index (κ2) is 7.57. The molecule has 2 heterocycles. The lowest BCUT2D eigenvalue weighted by Crippen LogP contribution is -2.38. The van der Waals surface area contributed by atoms with Gasteiger partial charge in [-0.2, -0.15) is 5.26 Å². The van der Waals surface area contributed by atoms with Crippen molar-refractivity contribution in [2.24, 2.45) is 0 Å². The summed E-state index contributed by atoms with van der Waals surface area (Å²) in [4.78, 5) is 19.1. The fraction of sp³-hybridized carbons (Fsp3) is 0.278.